The van der Waals surface area contributed by atoms with E-state index in [1.165, 1.54) is 5.01 Å². The van der Waals surface area contributed by atoms with Crippen molar-refractivity contribution in [2.24, 2.45) is 11.8 Å². The number of hydrogen-bond donors (Lipinski definition) is 1. The van der Waals surface area contributed by atoms with Gasteiger partial charge in [0, 0.05) is 0 Å². The Morgan fingerprint density at radius 2 is 2.33 bits per heavy atom. The molecule has 2 aliphatic rings. The van der Waals surface area contributed by atoms with Crippen molar-refractivity contribution in [3.63, 3.8) is 0 Å². The minimum Gasteiger partial charge on any atom is -0.273 e. The van der Waals surface area contributed by atoms with Gasteiger partial charge in [0.2, 0.25) is 11.8 Å². The fraction of sp³-hybridized carbons (Fsp3) is 0.500. The Balaban J connectivity index is 2.09. The number of nitrogens with zero attached hydrogens (tertiary/aromatic N) is 1. The van der Waals surface area contributed by atoms with Gasteiger partial charge in [0.1, 0.15) is 0 Å². The van der Waals surface area contributed by atoms with Gasteiger partial charge in [-0.15, -0.1) is 6.58 Å². The quantitative estimate of drug-likeness (QED) is 0.572. The molecule has 1 saturated heterocycles. The second-order valence-electron chi connectivity index (χ2n) is 3.16. The van der Waals surface area contributed by atoms with Crippen LogP contribution in [0.15, 0.2) is 12.7 Å². The minimum absolute atomic E-state index is 0.0264. The van der Waals surface area contributed by atoms with E-state index in [-0.39, 0.29) is 23.7 Å². The van der Waals surface area contributed by atoms with Crippen LogP contribution < -0.4 is 5.43 Å². The van der Waals surface area contributed by atoms with Crippen molar-refractivity contribution in [3.8, 4) is 0 Å². The molecule has 1 saturated carbocycles. The number of amides is 2. The molecular formula is C8H10N2O2. The van der Waals surface area contributed by atoms with Crippen LogP contribution in [0.5, 0.6) is 0 Å². The van der Waals surface area contributed by atoms with Gasteiger partial charge in [-0.1, -0.05) is 6.08 Å². The third-order valence-electron chi connectivity index (χ3n) is 2.27. The molecule has 0 spiro atoms. The molecule has 64 valence electrons. The maximum Gasteiger partial charge on any atom is 0.245 e. The molecule has 0 aromatic carbocycles. The first-order valence-electron chi connectivity index (χ1n) is 3.97. The first kappa shape index (κ1) is 7.34. The summed E-state index contributed by atoms with van der Waals surface area (Å²) in [7, 11) is 0. The zero-order valence-electron chi connectivity index (χ0n) is 6.62. The fourth-order valence-electron chi connectivity index (χ4n) is 1.49. The third-order valence-corrected chi connectivity index (χ3v) is 2.27. The largest absolute Gasteiger partial charge is 0.273 e. The lowest BCUT2D eigenvalue weighted by Crippen LogP contribution is -2.51. The number of hydrogen-bond acceptors (Lipinski definition) is 2. The lowest BCUT2D eigenvalue weighted by atomic mass is 10.2. The van der Waals surface area contributed by atoms with Crippen LogP contribution >= 0.6 is 0 Å². The summed E-state index contributed by atoms with van der Waals surface area (Å²) in [6.07, 6.45) is 2.32. The van der Waals surface area contributed by atoms with Gasteiger partial charge in [0.15, 0.2) is 0 Å². The molecule has 2 rings (SSSR count). The van der Waals surface area contributed by atoms with Crippen LogP contribution in [0.1, 0.15) is 6.42 Å². The monoisotopic (exact) mass is 166 g/mol. The molecule has 2 unspecified atom stereocenters. The summed E-state index contributed by atoms with van der Waals surface area (Å²) >= 11 is 0. The van der Waals surface area contributed by atoms with Gasteiger partial charge in [0.25, 0.3) is 0 Å². The van der Waals surface area contributed by atoms with E-state index in [1.54, 1.807) is 6.08 Å². The average molecular weight is 166 g/mol. The summed E-state index contributed by atoms with van der Waals surface area (Å²) in [5, 5.41) is 1.34. The molecule has 12 heavy (non-hydrogen) atoms. The normalized spacial score (nSPS) is 32.5. The van der Waals surface area contributed by atoms with Crippen molar-refractivity contribution in [2.75, 3.05) is 6.54 Å². The van der Waals surface area contributed by atoms with Crippen molar-refractivity contribution < 1.29 is 9.59 Å². The van der Waals surface area contributed by atoms with Crippen LogP contribution in [0.4, 0.5) is 0 Å². The zero-order valence-corrected chi connectivity index (χ0v) is 6.62. The maximum absolute atomic E-state index is 11.4. The molecule has 1 heterocycles. The highest BCUT2D eigenvalue weighted by atomic mass is 16.2. The lowest BCUT2D eigenvalue weighted by molar-refractivity contribution is -0.147. The smallest absolute Gasteiger partial charge is 0.245 e. The summed E-state index contributed by atoms with van der Waals surface area (Å²) in [6, 6.07) is 0. The van der Waals surface area contributed by atoms with E-state index in [4.69, 9.17) is 0 Å². The highest BCUT2D eigenvalue weighted by Crippen LogP contribution is 2.42. The number of rotatable bonds is 2. The predicted octanol–water partition coefficient (Wildman–Crippen LogP) is -0.318. The average Bonchev–Trinajstić information content (AvgIpc) is 2.79. The van der Waals surface area contributed by atoms with Crippen LogP contribution in [0.2, 0.25) is 0 Å². The van der Waals surface area contributed by atoms with Crippen LogP contribution in [0.3, 0.4) is 0 Å². The van der Waals surface area contributed by atoms with Crippen molar-refractivity contribution in [2.45, 2.75) is 6.42 Å². The molecule has 1 aliphatic carbocycles. The number of hydrazine groups is 1. The number of carbonyl (C=O) groups excluding carboxylic acids is 2. The van der Waals surface area contributed by atoms with E-state index in [9.17, 15) is 9.59 Å². The Bertz CT molecular complexity index is 262. The maximum atomic E-state index is 11.4. The molecule has 1 aliphatic heterocycles. The van der Waals surface area contributed by atoms with Gasteiger partial charge >= 0.3 is 0 Å². The predicted molar refractivity (Wildman–Crippen MR) is 41.6 cm³/mol. The number of nitrogens with one attached hydrogen (secondary N) is 1. The highest BCUT2D eigenvalue weighted by Gasteiger charge is 2.53. The van der Waals surface area contributed by atoms with Gasteiger partial charge < -0.3 is 0 Å². The van der Waals surface area contributed by atoms with Crippen molar-refractivity contribution in [3.05, 3.63) is 12.7 Å². The summed E-state index contributed by atoms with van der Waals surface area (Å²) in [5.74, 6) is -0.0850. The molecule has 2 amide bonds. The van der Waals surface area contributed by atoms with Gasteiger partial charge in [0.05, 0.1) is 18.4 Å². The minimum atomic E-state index is -0.0430. The first-order chi connectivity index (χ1) is 5.74. The molecule has 4 heteroatoms. The van der Waals surface area contributed by atoms with Gasteiger partial charge in [-0.25, -0.2) is 5.01 Å². The Kier molecular flexibility index (Phi) is 1.43. The standard InChI is InChI=1S/C8H10N2O2/c1-2-3-10-8(12)6-4-5(6)7(11)9-10/h2,5-6H,1,3-4H2,(H,9,11). The van der Waals surface area contributed by atoms with Crippen molar-refractivity contribution in [1.82, 2.24) is 10.4 Å². The van der Waals surface area contributed by atoms with E-state index < -0.39 is 0 Å². The van der Waals surface area contributed by atoms with Crippen LogP contribution in [0, 0.1) is 11.8 Å². The Morgan fingerprint density at radius 1 is 1.58 bits per heavy atom. The summed E-state index contributed by atoms with van der Waals surface area (Å²) in [5.41, 5.74) is 2.53. The highest BCUT2D eigenvalue weighted by molar-refractivity contribution is 5.97. The van der Waals surface area contributed by atoms with Crippen LogP contribution in [0.25, 0.3) is 0 Å². The molecule has 1 N–H and O–H groups in total. The van der Waals surface area contributed by atoms with Gasteiger partial charge in [-0.05, 0) is 6.42 Å². The van der Waals surface area contributed by atoms with E-state index in [0.29, 0.717) is 6.54 Å². The van der Waals surface area contributed by atoms with Crippen molar-refractivity contribution >= 4 is 11.8 Å². The summed E-state index contributed by atoms with van der Waals surface area (Å²) in [4.78, 5) is 22.5. The molecule has 2 fully saturated rings. The second-order valence-corrected chi connectivity index (χ2v) is 3.16. The Hall–Kier alpha value is -1.32. The molecule has 0 radical (unpaired) electrons. The van der Waals surface area contributed by atoms with E-state index in [1.807, 2.05) is 0 Å². The van der Waals surface area contributed by atoms with Gasteiger partial charge in [-0.2, -0.15) is 0 Å². The molecule has 4 nitrogen and oxygen atoms in total. The topological polar surface area (TPSA) is 49.4 Å². The lowest BCUT2D eigenvalue weighted by Gasteiger charge is -2.25. The zero-order chi connectivity index (χ0) is 8.72. The van der Waals surface area contributed by atoms with E-state index >= 15 is 0 Å². The number of fused-ring (bicyclic) bond motifs is 1. The molecule has 2 atom stereocenters. The van der Waals surface area contributed by atoms with E-state index in [2.05, 4.69) is 12.0 Å². The SMILES string of the molecule is C=CCN1NC(=O)C2CC2C1=O. The molecule has 0 bridgehead atoms. The third kappa shape index (κ3) is 0.913. The number of carbonyl (C=O) groups is 2. The van der Waals surface area contributed by atoms with E-state index in [0.717, 1.165) is 6.42 Å². The fourth-order valence-corrected chi connectivity index (χ4v) is 1.49. The molecular weight excluding hydrogens is 156 g/mol. The summed E-state index contributed by atoms with van der Waals surface area (Å²) < 4.78 is 0. The Morgan fingerprint density at radius 3 is 3.00 bits per heavy atom. The van der Waals surface area contributed by atoms with Crippen LogP contribution in [-0.2, 0) is 9.59 Å². The summed E-state index contributed by atoms with van der Waals surface area (Å²) in [6.45, 7) is 3.90. The molecule has 0 aromatic rings. The van der Waals surface area contributed by atoms with Gasteiger partial charge in [-0.3, -0.25) is 15.0 Å². The first-order valence-corrected chi connectivity index (χ1v) is 3.97. The Labute approximate surface area is 70.2 Å². The van der Waals surface area contributed by atoms with Crippen molar-refractivity contribution in [1.29, 1.82) is 0 Å². The second kappa shape index (κ2) is 2.33. The van der Waals surface area contributed by atoms with Crippen LogP contribution in [-0.4, -0.2) is 23.4 Å². The molecule has 0 aromatic heterocycles.